The van der Waals surface area contributed by atoms with E-state index in [2.05, 4.69) is 9.97 Å². The normalized spacial score (nSPS) is 20.2. The molecule has 8 nitrogen and oxygen atoms in total. The number of hydrogen-bond donors (Lipinski definition) is 2. The monoisotopic (exact) mass is 362 g/mol. The van der Waals surface area contributed by atoms with Crippen molar-refractivity contribution < 1.29 is 19.5 Å². The van der Waals surface area contributed by atoms with Gasteiger partial charge in [0, 0.05) is 25.9 Å². The molecule has 2 aliphatic heterocycles. The van der Waals surface area contributed by atoms with E-state index in [1.165, 1.54) is 0 Å². The lowest BCUT2D eigenvalue weighted by molar-refractivity contribution is -0.149. The Morgan fingerprint density at radius 1 is 1.27 bits per heavy atom. The number of aliphatic carboxylic acids is 1. The molecule has 1 aromatic heterocycles. The fourth-order valence-electron chi connectivity index (χ4n) is 3.85. The van der Waals surface area contributed by atoms with E-state index in [1.54, 1.807) is 25.1 Å². The Labute approximate surface area is 152 Å². The molecular formula is C18H26N4O4. The summed E-state index contributed by atoms with van der Waals surface area (Å²) in [5.41, 5.74) is 1.01. The quantitative estimate of drug-likeness (QED) is 0.818. The first-order valence-electron chi connectivity index (χ1n) is 9.08. The number of rotatable bonds is 5. The van der Waals surface area contributed by atoms with Gasteiger partial charge in [-0.15, -0.1) is 0 Å². The maximum absolute atomic E-state index is 13.0. The first kappa shape index (κ1) is 18.4. The van der Waals surface area contributed by atoms with Crippen molar-refractivity contribution in [2.24, 2.45) is 5.41 Å². The van der Waals surface area contributed by atoms with Gasteiger partial charge in [-0.2, -0.15) is 0 Å². The summed E-state index contributed by atoms with van der Waals surface area (Å²) in [5.74, 6) is -1.14. The lowest BCUT2D eigenvalue weighted by atomic mass is 9.84. The van der Waals surface area contributed by atoms with Gasteiger partial charge in [0.1, 0.15) is 6.04 Å². The van der Waals surface area contributed by atoms with E-state index < -0.39 is 17.4 Å². The number of nitrogens with one attached hydrogen (secondary N) is 1. The number of H-pyrrole nitrogens is 1. The van der Waals surface area contributed by atoms with E-state index in [-0.39, 0.29) is 24.7 Å². The second kappa shape index (κ2) is 7.09. The third-order valence-corrected chi connectivity index (χ3v) is 5.18. The minimum Gasteiger partial charge on any atom is -0.481 e. The molecule has 2 amide bonds. The van der Waals surface area contributed by atoms with Crippen LogP contribution in [-0.4, -0.2) is 61.8 Å². The highest BCUT2D eigenvalue weighted by Gasteiger charge is 2.40. The minimum absolute atomic E-state index is 0.0273. The van der Waals surface area contributed by atoms with E-state index in [1.807, 2.05) is 4.90 Å². The van der Waals surface area contributed by atoms with Crippen molar-refractivity contribution in [1.82, 2.24) is 19.8 Å². The molecule has 2 N–H and O–H groups in total. The van der Waals surface area contributed by atoms with Crippen molar-refractivity contribution >= 4 is 17.8 Å². The summed E-state index contributed by atoms with van der Waals surface area (Å²) in [4.78, 5) is 47.8. The van der Waals surface area contributed by atoms with Gasteiger partial charge in [-0.05, 0) is 18.3 Å². The maximum atomic E-state index is 13.0. The van der Waals surface area contributed by atoms with E-state index in [9.17, 15) is 14.4 Å². The molecule has 0 bridgehead atoms. The lowest BCUT2D eigenvalue weighted by Gasteiger charge is -2.37. The molecule has 142 valence electrons. The fourth-order valence-corrected chi connectivity index (χ4v) is 3.85. The number of aromatic amines is 1. The first-order valence-corrected chi connectivity index (χ1v) is 9.08. The molecule has 1 aromatic rings. The zero-order chi connectivity index (χ0) is 18.9. The molecule has 2 aliphatic rings. The largest absolute Gasteiger partial charge is 0.481 e. The van der Waals surface area contributed by atoms with Crippen LogP contribution in [0.15, 0.2) is 6.33 Å². The number of carboxylic acids is 1. The zero-order valence-electron chi connectivity index (χ0n) is 15.3. The summed E-state index contributed by atoms with van der Waals surface area (Å²) in [6.45, 7) is 5.30. The van der Waals surface area contributed by atoms with Gasteiger partial charge in [-0.25, -0.2) is 4.98 Å². The number of amides is 2. The Morgan fingerprint density at radius 2 is 1.96 bits per heavy atom. The van der Waals surface area contributed by atoms with Crippen LogP contribution in [0.3, 0.4) is 0 Å². The summed E-state index contributed by atoms with van der Waals surface area (Å²) in [6.07, 6.45) is 3.97. The fraction of sp³-hybridized carbons (Fsp3) is 0.667. The van der Waals surface area contributed by atoms with Crippen molar-refractivity contribution in [2.75, 3.05) is 13.1 Å². The van der Waals surface area contributed by atoms with Crippen LogP contribution >= 0.6 is 0 Å². The van der Waals surface area contributed by atoms with Crippen molar-refractivity contribution in [2.45, 2.75) is 58.5 Å². The highest BCUT2D eigenvalue weighted by atomic mass is 16.4. The summed E-state index contributed by atoms with van der Waals surface area (Å²) in [6, 6.07) is -0.558. The highest BCUT2D eigenvalue weighted by Crippen LogP contribution is 2.30. The minimum atomic E-state index is -0.929. The summed E-state index contributed by atoms with van der Waals surface area (Å²) < 4.78 is 0. The van der Waals surface area contributed by atoms with E-state index in [4.69, 9.17) is 5.11 Å². The zero-order valence-corrected chi connectivity index (χ0v) is 15.3. The van der Waals surface area contributed by atoms with Crippen LogP contribution in [0.4, 0.5) is 0 Å². The van der Waals surface area contributed by atoms with Gasteiger partial charge in [0.05, 0.1) is 30.7 Å². The smallest absolute Gasteiger partial charge is 0.303 e. The van der Waals surface area contributed by atoms with Crippen LogP contribution in [-0.2, 0) is 27.3 Å². The van der Waals surface area contributed by atoms with Crippen LogP contribution in [0.2, 0.25) is 0 Å². The van der Waals surface area contributed by atoms with Gasteiger partial charge in [-0.1, -0.05) is 13.8 Å². The van der Waals surface area contributed by atoms with Crippen LogP contribution in [0, 0.1) is 5.41 Å². The Bertz CT molecular complexity index is 706. The second-order valence-electron chi connectivity index (χ2n) is 8.01. The number of hydrogen-bond acceptors (Lipinski definition) is 4. The van der Waals surface area contributed by atoms with Crippen molar-refractivity contribution in [3.63, 3.8) is 0 Å². The van der Waals surface area contributed by atoms with Crippen LogP contribution in [0.5, 0.6) is 0 Å². The van der Waals surface area contributed by atoms with E-state index >= 15 is 0 Å². The average Bonchev–Trinajstić information content (AvgIpc) is 3.22. The number of aromatic nitrogens is 2. The lowest BCUT2D eigenvalue weighted by Crippen LogP contribution is -2.53. The van der Waals surface area contributed by atoms with Crippen LogP contribution in [0.1, 0.15) is 50.9 Å². The van der Waals surface area contributed by atoms with Crippen LogP contribution in [0.25, 0.3) is 0 Å². The Kier molecular flexibility index (Phi) is 5.02. The van der Waals surface area contributed by atoms with E-state index in [0.29, 0.717) is 13.0 Å². The van der Waals surface area contributed by atoms with Crippen molar-refractivity contribution in [3.8, 4) is 0 Å². The molecule has 0 aliphatic carbocycles. The van der Waals surface area contributed by atoms with E-state index in [0.717, 1.165) is 37.3 Å². The molecule has 1 fully saturated rings. The molecular weight excluding hydrogens is 336 g/mol. The Morgan fingerprint density at radius 3 is 2.62 bits per heavy atom. The topological polar surface area (TPSA) is 107 Å². The Hall–Kier alpha value is -2.38. The molecule has 3 rings (SSSR count). The molecule has 0 radical (unpaired) electrons. The number of carboxylic acid groups (broad SMARTS) is 1. The Balaban J connectivity index is 1.80. The van der Waals surface area contributed by atoms with Gasteiger partial charge in [0.25, 0.3) is 0 Å². The predicted molar refractivity (Wildman–Crippen MR) is 93.1 cm³/mol. The number of nitrogens with zero attached hydrogens (tertiary/aromatic N) is 3. The van der Waals surface area contributed by atoms with Crippen LogP contribution < -0.4 is 0 Å². The molecule has 1 atom stereocenters. The maximum Gasteiger partial charge on any atom is 0.303 e. The summed E-state index contributed by atoms with van der Waals surface area (Å²) >= 11 is 0. The molecule has 0 aromatic carbocycles. The number of imidazole rings is 1. The second-order valence-corrected chi connectivity index (χ2v) is 8.01. The van der Waals surface area contributed by atoms with Gasteiger partial charge in [0.2, 0.25) is 11.8 Å². The third kappa shape index (κ3) is 3.89. The molecule has 0 saturated carbocycles. The standard InChI is InChI=1S/C18H26N4O4/c1-18(2,9-16(24)25)8-15(23)22-10-13-12(19-11-20-13)7-14(22)17(26)21-5-3-4-6-21/h11,14H,3-10H2,1-2H3,(H,19,20)(H,24,25). The third-order valence-electron chi connectivity index (χ3n) is 5.18. The number of fused-ring (bicyclic) bond motifs is 1. The molecule has 26 heavy (non-hydrogen) atoms. The summed E-state index contributed by atoms with van der Waals surface area (Å²) in [7, 11) is 0. The van der Waals surface area contributed by atoms with Gasteiger partial charge in [-0.3, -0.25) is 14.4 Å². The molecule has 3 heterocycles. The molecule has 0 spiro atoms. The predicted octanol–water partition coefficient (Wildman–Crippen LogP) is 1.18. The molecule has 8 heteroatoms. The first-order chi connectivity index (χ1) is 12.3. The number of likely N-dealkylation sites (tertiary alicyclic amines) is 1. The molecule has 1 unspecified atom stereocenters. The number of carbonyl (C=O) groups excluding carboxylic acids is 2. The highest BCUT2D eigenvalue weighted by molar-refractivity contribution is 5.89. The van der Waals surface area contributed by atoms with Gasteiger partial charge >= 0.3 is 5.97 Å². The van der Waals surface area contributed by atoms with Gasteiger partial charge in [0.15, 0.2) is 0 Å². The average molecular weight is 362 g/mol. The summed E-state index contributed by atoms with van der Waals surface area (Å²) in [5, 5.41) is 9.06. The molecule has 1 saturated heterocycles. The van der Waals surface area contributed by atoms with Gasteiger partial charge < -0.3 is 19.9 Å². The van der Waals surface area contributed by atoms with Crippen molar-refractivity contribution in [3.05, 3.63) is 17.7 Å². The SMILES string of the molecule is CC(C)(CC(=O)O)CC(=O)N1Cc2[nH]cnc2CC1C(=O)N1CCCC1. The van der Waals surface area contributed by atoms with Crippen molar-refractivity contribution in [1.29, 1.82) is 0 Å². The number of carbonyl (C=O) groups is 3.